The van der Waals surface area contributed by atoms with Crippen molar-refractivity contribution in [1.82, 2.24) is 14.8 Å². The fourth-order valence-electron chi connectivity index (χ4n) is 3.58. The molecule has 0 unspecified atom stereocenters. The molecule has 1 aliphatic heterocycles. The van der Waals surface area contributed by atoms with Gasteiger partial charge in [-0.2, -0.15) is 5.10 Å². The van der Waals surface area contributed by atoms with E-state index < -0.39 is 5.91 Å². The summed E-state index contributed by atoms with van der Waals surface area (Å²) in [5.41, 5.74) is 1.40. The average molecular weight is 427 g/mol. The topological polar surface area (TPSA) is 115 Å². The van der Waals surface area contributed by atoms with Gasteiger partial charge in [-0.05, 0) is 43.3 Å². The highest BCUT2D eigenvalue weighted by atomic mass is 16.5. The molecule has 4 aromatic rings. The number of amides is 2. The van der Waals surface area contributed by atoms with Crippen molar-refractivity contribution in [2.45, 2.75) is 13.5 Å². The Morgan fingerprint density at radius 2 is 1.91 bits per heavy atom. The monoisotopic (exact) mass is 427 g/mol. The van der Waals surface area contributed by atoms with Crippen LogP contribution in [-0.2, 0) is 11.3 Å². The van der Waals surface area contributed by atoms with E-state index in [-0.39, 0.29) is 29.5 Å². The summed E-state index contributed by atoms with van der Waals surface area (Å²) in [6.07, 6.45) is 1.56. The first-order valence-electron chi connectivity index (χ1n) is 9.84. The number of nitrogens with zero attached hydrogens (tertiary/aromatic N) is 3. The van der Waals surface area contributed by atoms with E-state index in [2.05, 4.69) is 20.7 Å². The summed E-state index contributed by atoms with van der Waals surface area (Å²) in [7, 11) is 0. The number of ether oxygens (including phenoxy) is 1. The van der Waals surface area contributed by atoms with Crippen molar-refractivity contribution in [3.05, 3.63) is 82.4 Å². The molecule has 0 fully saturated rings. The number of hydrogen-bond donors (Lipinski definition) is 2. The van der Waals surface area contributed by atoms with Gasteiger partial charge in [-0.3, -0.25) is 14.4 Å². The number of aryl methyl sites for hydroxylation is 1. The molecule has 2 aromatic heterocycles. The maximum absolute atomic E-state index is 12.7. The molecule has 2 N–H and O–H groups in total. The van der Waals surface area contributed by atoms with E-state index in [1.807, 2.05) is 12.1 Å². The Balaban J connectivity index is 1.39. The molecule has 5 rings (SSSR count). The highest BCUT2D eigenvalue weighted by Crippen LogP contribution is 2.34. The Morgan fingerprint density at radius 1 is 1.09 bits per heavy atom. The lowest BCUT2D eigenvalue weighted by molar-refractivity contribution is -0.117. The Bertz CT molecular complexity index is 1460. The smallest absolute Gasteiger partial charge is 0.275 e. The normalized spacial score (nSPS) is 12.2. The van der Waals surface area contributed by atoms with Crippen molar-refractivity contribution in [3.8, 4) is 11.6 Å². The van der Waals surface area contributed by atoms with Crippen molar-refractivity contribution < 1.29 is 14.3 Å². The van der Waals surface area contributed by atoms with Crippen molar-refractivity contribution in [3.63, 3.8) is 0 Å². The van der Waals surface area contributed by atoms with Gasteiger partial charge in [0.05, 0.1) is 16.6 Å². The summed E-state index contributed by atoms with van der Waals surface area (Å²) >= 11 is 0. The molecule has 2 amide bonds. The van der Waals surface area contributed by atoms with Crippen LogP contribution >= 0.6 is 0 Å². The number of nitrogens with one attached hydrogen (secondary N) is 2. The third-order valence-corrected chi connectivity index (χ3v) is 5.08. The second-order valence-electron chi connectivity index (χ2n) is 7.27. The molecule has 0 atom stereocenters. The summed E-state index contributed by atoms with van der Waals surface area (Å²) in [4.78, 5) is 42.1. The zero-order chi connectivity index (χ0) is 22.2. The van der Waals surface area contributed by atoms with Gasteiger partial charge in [0.2, 0.25) is 11.8 Å². The van der Waals surface area contributed by atoms with Gasteiger partial charge in [0, 0.05) is 17.3 Å². The van der Waals surface area contributed by atoms with E-state index in [1.54, 1.807) is 49.5 Å². The highest BCUT2D eigenvalue weighted by Gasteiger charge is 2.22. The van der Waals surface area contributed by atoms with Crippen molar-refractivity contribution >= 4 is 34.0 Å². The standard InChI is InChI=1S/C23H17N5O4/c1-13-15-5-2-3-6-16(15)23(31)28(27-13)12-20(29)25-14-8-9-19-17(11-14)21(30)26-18-7-4-10-24-22(18)32-19/h2-11H,12H2,1H3,(H,25,29)(H,26,30). The minimum atomic E-state index is -0.450. The second-order valence-corrected chi connectivity index (χ2v) is 7.27. The number of fused-ring (bicyclic) bond motifs is 3. The predicted molar refractivity (Wildman–Crippen MR) is 118 cm³/mol. The number of hydrogen-bond acceptors (Lipinski definition) is 6. The number of carbonyl (C=O) groups excluding carboxylic acids is 2. The molecule has 158 valence electrons. The predicted octanol–water partition coefficient (Wildman–Crippen LogP) is 3.10. The van der Waals surface area contributed by atoms with Crippen LogP contribution in [0.5, 0.6) is 11.6 Å². The number of pyridine rings is 1. The van der Waals surface area contributed by atoms with Crippen LogP contribution in [-0.4, -0.2) is 26.6 Å². The number of aromatic nitrogens is 3. The molecule has 3 heterocycles. The molecule has 0 bridgehead atoms. The fraction of sp³-hybridized carbons (Fsp3) is 0.0870. The first-order chi connectivity index (χ1) is 15.5. The van der Waals surface area contributed by atoms with Crippen LogP contribution in [0.15, 0.2) is 65.6 Å². The zero-order valence-corrected chi connectivity index (χ0v) is 17.0. The zero-order valence-electron chi connectivity index (χ0n) is 17.0. The number of benzene rings is 2. The maximum Gasteiger partial charge on any atom is 0.275 e. The van der Waals surface area contributed by atoms with Crippen LogP contribution in [0.2, 0.25) is 0 Å². The van der Waals surface area contributed by atoms with E-state index in [0.29, 0.717) is 28.2 Å². The molecule has 9 nitrogen and oxygen atoms in total. The minimum absolute atomic E-state index is 0.248. The molecule has 0 spiro atoms. The van der Waals surface area contributed by atoms with Gasteiger partial charge >= 0.3 is 0 Å². The quantitative estimate of drug-likeness (QED) is 0.519. The van der Waals surface area contributed by atoms with Crippen LogP contribution in [0.3, 0.4) is 0 Å². The van der Waals surface area contributed by atoms with Gasteiger partial charge in [-0.25, -0.2) is 9.67 Å². The van der Waals surface area contributed by atoms with Crippen LogP contribution < -0.4 is 20.9 Å². The lowest BCUT2D eigenvalue weighted by atomic mass is 10.1. The van der Waals surface area contributed by atoms with Gasteiger partial charge in [0.25, 0.3) is 11.5 Å². The largest absolute Gasteiger partial charge is 0.436 e. The SMILES string of the molecule is Cc1nn(CC(=O)Nc2ccc3c(c2)C(=O)Nc2cccnc2O3)c(=O)c2ccccc12. The Hall–Kier alpha value is -4.53. The molecular weight excluding hydrogens is 410 g/mol. The van der Waals surface area contributed by atoms with E-state index in [0.717, 1.165) is 10.1 Å². The number of rotatable bonds is 3. The molecule has 0 saturated carbocycles. The second kappa shape index (κ2) is 7.62. The number of anilines is 2. The molecule has 0 saturated heterocycles. The van der Waals surface area contributed by atoms with Crippen LogP contribution in [0.25, 0.3) is 10.8 Å². The lowest BCUT2D eigenvalue weighted by Gasteiger charge is -2.11. The summed E-state index contributed by atoms with van der Waals surface area (Å²) in [6, 6.07) is 15.2. The fourth-order valence-corrected chi connectivity index (χ4v) is 3.58. The molecule has 2 aromatic carbocycles. The van der Waals surface area contributed by atoms with E-state index in [1.165, 1.54) is 6.07 Å². The van der Waals surface area contributed by atoms with Crippen LogP contribution in [0, 0.1) is 6.92 Å². The Morgan fingerprint density at radius 3 is 2.75 bits per heavy atom. The number of carbonyl (C=O) groups is 2. The van der Waals surface area contributed by atoms with Gasteiger partial charge in [-0.1, -0.05) is 18.2 Å². The average Bonchev–Trinajstić information content (AvgIpc) is 2.93. The highest BCUT2D eigenvalue weighted by molar-refractivity contribution is 6.08. The van der Waals surface area contributed by atoms with Crippen LogP contribution in [0.4, 0.5) is 11.4 Å². The minimum Gasteiger partial charge on any atom is -0.436 e. The van der Waals surface area contributed by atoms with Crippen molar-refractivity contribution in [1.29, 1.82) is 0 Å². The summed E-state index contributed by atoms with van der Waals surface area (Å²) in [5.74, 6) is -0.227. The van der Waals surface area contributed by atoms with Gasteiger partial charge in [0.15, 0.2) is 0 Å². The third kappa shape index (κ3) is 3.45. The first-order valence-corrected chi connectivity index (χ1v) is 9.84. The van der Waals surface area contributed by atoms with Gasteiger partial charge in [-0.15, -0.1) is 0 Å². The maximum atomic E-state index is 12.7. The Labute approximate surface area is 181 Å². The molecule has 32 heavy (non-hydrogen) atoms. The first kappa shape index (κ1) is 19.4. The summed E-state index contributed by atoms with van der Waals surface area (Å²) < 4.78 is 6.87. The van der Waals surface area contributed by atoms with E-state index in [4.69, 9.17) is 4.74 Å². The van der Waals surface area contributed by atoms with Crippen LogP contribution in [0.1, 0.15) is 16.1 Å². The van der Waals surface area contributed by atoms with E-state index in [9.17, 15) is 14.4 Å². The summed E-state index contributed by atoms with van der Waals surface area (Å²) in [5, 5.41) is 10.9. The summed E-state index contributed by atoms with van der Waals surface area (Å²) in [6.45, 7) is 1.52. The molecule has 0 aliphatic carbocycles. The van der Waals surface area contributed by atoms with E-state index >= 15 is 0 Å². The molecule has 1 aliphatic rings. The van der Waals surface area contributed by atoms with Crippen molar-refractivity contribution in [2.75, 3.05) is 10.6 Å². The Kier molecular flexibility index (Phi) is 4.63. The lowest BCUT2D eigenvalue weighted by Crippen LogP contribution is -2.30. The van der Waals surface area contributed by atoms with Crippen molar-refractivity contribution in [2.24, 2.45) is 0 Å². The molecule has 9 heteroatoms. The van der Waals surface area contributed by atoms with Gasteiger partial charge < -0.3 is 15.4 Å². The third-order valence-electron chi connectivity index (χ3n) is 5.08. The molecular formula is C23H17N5O4. The van der Waals surface area contributed by atoms with Gasteiger partial charge in [0.1, 0.15) is 18.0 Å². The molecule has 0 radical (unpaired) electrons.